The maximum atomic E-state index is 12.9. The molecular formula is C25H44O2Si2. The van der Waals surface area contributed by atoms with Crippen molar-refractivity contribution in [2.24, 2.45) is 34.5 Å². The maximum absolute atomic E-state index is 12.9. The largest absolute Gasteiger partial charge is 0.456 e. The van der Waals surface area contributed by atoms with E-state index in [1.165, 1.54) is 32.1 Å². The first-order valence-electron chi connectivity index (χ1n) is 11.8. The number of carbonyl (C=O) groups excluding carboxylic acids is 1. The number of Topliss-reactive ketones (excluding diaryl/α,β-unsaturated/α-hetero) is 1. The van der Waals surface area contributed by atoms with Gasteiger partial charge in [0.05, 0.1) is 0 Å². The van der Waals surface area contributed by atoms with E-state index in [-0.39, 0.29) is 5.41 Å². The predicted molar refractivity (Wildman–Crippen MR) is 129 cm³/mol. The van der Waals surface area contributed by atoms with E-state index in [0.717, 1.165) is 6.42 Å². The first-order chi connectivity index (χ1) is 13.3. The van der Waals surface area contributed by atoms with Crippen LogP contribution in [0.4, 0.5) is 0 Å². The van der Waals surface area contributed by atoms with E-state index in [2.05, 4.69) is 77.4 Å². The van der Waals surface area contributed by atoms with Crippen LogP contribution in [-0.2, 0) is 8.91 Å². The van der Waals surface area contributed by atoms with Crippen molar-refractivity contribution in [3.05, 3.63) is 24.3 Å². The molecule has 0 aliphatic heterocycles. The first-order valence-corrected chi connectivity index (χ1v) is 18.7. The summed E-state index contributed by atoms with van der Waals surface area (Å²) in [6.07, 6.45) is 16.4. The second-order valence-electron chi connectivity index (χ2n) is 12.5. The molecule has 4 aliphatic carbocycles. The SMILES string of the molecule is C[C@@]12CCC[C@H]1[C@@H]1C(=O)CC3C=CC=C[C@]3(C)[C@H]1CC2.C[Si](C)(C)O[Si](C)(C)C. The zero-order valence-electron chi connectivity index (χ0n) is 20.2. The molecule has 0 aromatic carbocycles. The van der Waals surface area contributed by atoms with Crippen LogP contribution in [0.5, 0.6) is 0 Å². The summed E-state index contributed by atoms with van der Waals surface area (Å²) in [6, 6.07) is 0. The molecule has 0 bridgehead atoms. The summed E-state index contributed by atoms with van der Waals surface area (Å²) in [7, 11) is -2.46. The molecule has 0 heterocycles. The molecule has 0 radical (unpaired) electrons. The fraction of sp³-hybridized carbons (Fsp3) is 0.800. The number of hydrogen-bond donors (Lipinski definition) is 0. The molecule has 0 aromatic rings. The molecule has 29 heavy (non-hydrogen) atoms. The number of hydrogen-bond acceptors (Lipinski definition) is 2. The Balaban J connectivity index is 0.000000229. The van der Waals surface area contributed by atoms with Gasteiger partial charge in [-0.2, -0.15) is 0 Å². The van der Waals surface area contributed by atoms with Gasteiger partial charge in [0.15, 0.2) is 16.6 Å². The highest BCUT2D eigenvalue weighted by atomic mass is 28.4. The first kappa shape index (κ1) is 23.2. The highest BCUT2D eigenvalue weighted by Gasteiger charge is 2.59. The third-order valence-corrected chi connectivity index (χ3v) is 12.9. The molecule has 0 N–H and O–H groups in total. The number of allylic oxidation sites excluding steroid dienone is 4. The molecule has 3 fully saturated rings. The highest BCUT2D eigenvalue weighted by molar-refractivity contribution is 6.83. The second-order valence-corrected chi connectivity index (χ2v) is 21.8. The van der Waals surface area contributed by atoms with Crippen molar-refractivity contribution < 1.29 is 8.91 Å². The summed E-state index contributed by atoms with van der Waals surface area (Å²) in [4.78, 5) is 12.9. The van der Waals surface area contributed by atoms with E-state index < -0.39 is 16.6 Å². The molecule has 0 amide bonds. The molecule has 164 valence electrons. The van der Waals surface area contributed by atoms with Crippen molar-refractivity contribution in [3.63, 3.8) is 0 Å². The van der Waals surface area contributed by atoms with Gasteiger partial charge in [-0.25, -0.2) is 0 Å². The van der Waals surface area contributed by atoms with Gasteiger partial charge in [0.1, 0.15) is 5.78 Å². The molecule has 0 saturated heterocycles. The van der Waals surface area contributed by atoms with Gasteiger partial charge < -0.3 is 4.12 Å². The monoisotopic (exact) mass is 432 g/mol. The molecule has 3 saturated carbocycles. The fourth-order valence-corrected chi connectivity index (χ4v) is 14.4. The van der Waals surface area contributed by atoms with Crippen molar-refractivity contribution in [1.29, 1.82) is 0 Å². The lowest BCUT2D eigenvalue weighted by atomic mass is 9.47. The Kier molecular flexibility index (Phi) is 6.33. The summed E-state index contributed by atoms with van der Waals surface area (Å²) >= 11 is 0. The average Bonchev–Trinajstić information content (AvgIpc) is 2.94. The summed E-state index contributed by atoms with van der Waals surface area (Å²) in [5, 5.41) is 0. The van der Waals surface area contributed by atoms with Gasteiger partial charge in [-0.15, -0.1) is 0 Å². The summed E-state index contributed by atoms with van der Waals surface area (Å²) < 4.78 is 5.90. The average molecular weight is 433 g/mol. The quantitative estimate of drug-likeness (QED) is 0.431. The Morgan fingerprint density at radius 3 is 2.17 bits per heavy atom. The zero-order valence-corrected chi connectivity index (χ0v) is 22.2. The Bertz CT molecular complexity index is 672. The van der Waals surface area contributed by atoms with E-state index in [4.69, 9.17) is 4.12 Å². The minimum atomic E-state index is -1.23. The van der Waals surface area contributed by atoms with Crippen LogP contribution in [0.1, 0.15) is 52.4 Å². The Hall–Kier alpha value is -0.456. The van der Waals surface area contributed by atoms with Gasteiger partial charge in [0.25, 0.3) is 0 Å². The smallest absolute Gasteiger partial charge is 0.170 e. The Morgan fingerprint density at radius 1 is 0.931 bits per heavy atom. The van der Waals surface area contributed by atoms with Crippen molar-refractivity contribution in [2.45, 2.75) is 91.7 Å². The Labute approximate surface area is 181 Å². The Morgan fingerprint density at radius 2 is 1.59 bits per heavy atom. The minimum Gasteiger partial charge on any atom is -0.456 e. The van der Waals surface area contributed by atoms with Crippen molar-refractivity contribution in [3.8, 4) is 0 Å². The van der Waals surface area contributed by atoms with Gasteiger partial charge in [0, 0.05) is 12.3 Å². The highest BCUT2D eigenvalue weighted by Crippen LogP contribution is 2.63. The number of ketones is 1. The molecule has 4 aliphatic rings. The summed E-state index contributed by atoms with van der Waals surface area (Å²) in [5.41, 5.74) is 0.700. The van der Waals surface area contributed by atoms with Gasteiger partial charge in [-0.1, -0.05) is 44.6 Å². The normalized spacial score (nSPS) is 41.2. The van der Waals surface area contributed by atoms with E-state index in [0.29, 0.717) is 34.9 Å². The number of carbonyl (C=O) groups is 1. The van der Waals surface area contributed by atoms with Crippen LogP contribution in [0.3, 0.4) is 0 Å². The molecule has 1 unspecified atom stereocenters. The van der Waals surface area contributed by atoms with Crippen molar-refractivity contribution in [1.82, 2.24) is 0 Å². The molecule has 2 nitrogen and oxygen atoms in total. The molecular weight excluding hydrogens is 388 g/mol. The second kappa shape index (κ2) is 7.91. The van der Waals surface area contributed by atoms with Crippen LogP contribution in [0.25, 0.3) is 0 Å². The van der Waals surface area contributed by atoms with Crippen LogP contribution < -0.4 is 0 Å². The lowest BCUT2D eigenvalue weighted by molar-refractivity contribution is -0.143. The van der Waals surface area contributed by atoms with E-state index in [9.17, 15) is 4.79 Å². The van der Waals surface area contributed by atoms with Crippen molar-refractivity contribution in [2.75, 3.05) is 0 Å². The van der Waals surface area contributed by atoms with Crippen LogP contribution >= 0.6 is 0 Å². The van der Waals surface area contributed by atoms with Gasteiger partial charge in [0.2, 0.25) is 0 Å². The van der Waals surface area contributed by atoms with E-state index >= 15 is 0 Å². The van der Waals surface area contributed by atoms with Crippen molar-refractivity contribution >= 4 is 22.4 Å². The molecule has 6 atom stereocenters. The maximum Gasteiger partial charge on any atom is 0.170 e. The lowest BCUT2D eigenvalue weighted by Crippen LogP contribution is -2.54. The van der Waals surface area contributed by atoms with Crippen LogP contribution in [0, 0.1) is 34.5 Å². The molecule has 4 heteroatoms. The third-order valence-electron chi connectivity index (χ3n) is 7.96. The van der Waals surface area contributed by atoms with Crippen LogP contribution in [0.2, 0.25) is 39.3 Å². The fourth-order valence-electron chi connectivity index (χ4n) is 7.03. The summed E-state index contributed by atoms with van der Waals surface area (Å²) in [5.74, 6) is 2.65. The number of fused-ring (bicyclic) bond motifs is 5. The van der Waals surface area contributed by atoms with E-state index in [1.807, 2.05) is 0 Å². The third kappa shape index (κ3) is 4.90. The van der Waals surface area contributed by atoms with E-state index in [1.54, 1.807) is 0 Å². The molecule has 4 rings (SSSR count). The predicted octanol–water partition coefficient (Wildman–Crippen LogP) is 7.21. The van der Waals surface area contributed by atoms with Gasteiger partial charge >= 0.3 is 0 Å². The lowest BCUT2D eigenvalue weighted by Gasteiger charge is -2.56. The van der Waals surface area contributed by atoms with Crippen LogP contribution in [0.15, 0.2) is 24.3 Å². The topological polar surface area (TPSA) is 26.3 Å². The summed E-state index contributed by atoms with van der Waals surface area (Å²) in [6.45, 7) is 18.3. The number of rotatable bonds is 2. The molecule has 0 aromatic heterocycles. The zero-order chi connectivity index (χ0) is 21.7. The molecule has 0 spiro atoms. The van der Waals surface area contributed by atoms with Gasteiger partial charge in [-0.05, 0) is 93.5 Å². The standard InChI is InChI=1S/C19H26O.C6H18OSi2/c1-18-9-5-7-14(18)17-15(8-11-18)19(2)10-4-3-6-13(19)12-16(17)20;1-8(2,3)7-9(4,5)6/h3-4,6,10,13-15,17H,5,7-9,11-12H2,1-2H3;1-6H3/t13?,14-,15-,17-,18-,19-;/m0./s1. The minimum absolute atomic E-state index is 0.233. The van der Waals surface area contributed by atoms with Crippen LogP contribution in [-0.4, -0.2) is 22.4 Å². The van der Waals surface area contributed by atoms with Gasteiger partial charge in [-0.3, -0.25) is 4.79 Å².